The van der Waals surface area contributed by atoms with Crippen molar-refractivity contribution >= 4 is 11.0 Å². The van der Waals surface area contributed by atoms with Gasteiger partial charge in [0.15, 0.2) is 23.0 Å². The summed E-state index contributed by atoms with van der Waals surface area (Å²) in [5.41, 5.74) is 6.08. The second kappa shape index (κ2) is 8.26. The second-order valence-corrected chi connectivity index (χ2v) is 7.38. The summed E-state index contributed by atoms with van der Waals surface area (Å²) in [7, 11) is 6.52. The first-order chi connectivity index (χ1) is 15.0. The van der Waals surface area contributed by atoms with Crippen molar-refractivity contribution in [2.75, 3.05) is 28.4 Å². The first-order valence-corrected chi connectivity index (χ1v) is 9.99. The molecule has 5 heteroatoms. The van der Waals surface area contributed by atoms with Crippen molar-refractivity contribution in [2.24, 2.45) is 0 Å². The number of ether oxygens (including phenoxy) is 4. The Bertz CT molecular complexity index is 1250. The van der Waals surface area contributed by atoms with Crippen LogP contribution in [0, 0.1) is 13.8 Å². The standard InChI is InChI=1S/C26H26O5/c1-15-11-19-22(12-16(15)2)31-26(18-8-10-21(28-4)24(14-18)30-6)25(19)17-7-9-20(27-3)23(13-17)29-5/h7-14H,1-6H3. The van der Waals surface area contributed by atoms with Crippen molar-refractivity contribution in [1.29, 1.82) is 0 Å². The summed E-state index contributed by atoms with van der Waals surface area (Å²) < 4.78 is 28.3. The topological polar surface area (TPSA) is 50.1 Å². The van der Waals surface area contributed by atoms with Crippen LogP contribution in [0.3, 0.4) is 0 Å². The van der Waals surface area contributed by atoms with Gasteiger partial charge in [0.2, 0.25) is 0 Å². The van der Waals surface area contributed by atoms with Gasteiger partial charge in [-0.2, -0.15) is 0 Å². The van der Waals surface area contributed by atoms with Crippen LogP contribution in [0.25, 0.3) is 33.4 Å². The number of fused-ring (bicyclic) bond motifs is 1. The zero-order valence-corrected chi connectivity index (χ0v) is 18.7. The predicted octanol–water partition coefficient (Wildman–Crippen LogP) is 6.42. The molecular formula is C26H26O5. The normalized spacial score (nSPS) is 10.9. The lowest BCUT2D eigenvalue weighted by molar-refractivity contribution is 0.355. The number of benzene rings is 3. The van der Waals surface area contributed by atoms with E-state index in [0.29, 0.717) is 23.0 Å². The van der Waals surface area contributed by atoms with E-state index in [-0.39, 0.29) is 0 Å². The Morgan fingerprint density at radius 1 is 0.581 bits per heavy atom. The molecule has 1 heterocycles. The van der Waals surface area contributed by atoms with Crippen LogP contribution < -0.4 is 18.9 Å². The maximum Gasteiger partial charge on any atom is 0.161 e. The molecule has 1 aromatic heterocycles. The fourth-order valence-electron chi connectivity index (χ4n) is 3.81. The van der Waals surface area contributed by atoms with Crippen LogP contribution in [0.2, 0.25) is 0 Å². The average Bonchev–Trinajstić information content (AvgIpc) is 3.16. The van der Waals surface area contributed by atoms with Gasteiger partial charge in [0.25, 0.3) is 0 Å². The Balaban J connectivity index is 2.03. The molecule has 0 unspecified atom stereocenters. The minimum atomic E-state index is 0.645. The number of furan rings is 1. The fourth-order valence-corrected chi connectivity index (χ4v) is 3.81. The summed E-state index contributed by atoms with van der Waals surface area (Å²) in [5, 5.41) is 1.04. The number of methoxy groups -OCH3 is 4. The van der Waals surface area contributed by atoms with E-state index in [1.807, 2.05) is 36.4 Å². The molecule has 0 saturated carbocycles. The largest absolute Gasteiger partial charge is 0.493 e. The maximum atomic E-state index is 6.41. The molecule has 4 rings (SSSR count). The molecule has 0 spiro atoms. The third-order valence-corrected chi connectivity index (χ3v) is 5.62. The molecule has 0 aliphatic carbocycles. The van der Waals surface area contributed by atoms with E-state index in [1.54, 1.807) is 28.4 Å². The number of rotatable bonds is 6. The lowest BCUT2D eigenvalue weighted by Gasteiger charge is -2.12. The Hall–Kier alpha value is -3.60. The van der Waals surface area contributed by atoms with Gasteiger partial charge in [-0.1, -0.05) is 6.07 Å². The first kappa shape index (κ1) is 20.7. The van der Waals surface area contributed by atoms with Crippen LogP contribution in [0.1, 0.15) is 11.1 Å². The van der Waals surface area contributed by atoms with Crippen LogP contribution in [0.4, 0.5) is 0 Å². The van der Waals surface area contributed by atoms with Crippen LogP contribution >= 0.6 is 0 Å². The van der Waals surface area contributed by atoms with Gasteiger partial charge in [0.1, 0.15) is 11.3 Å². The third kappa shape index (κ3) is 3.56. The quantitative estimate of drug-likeness (QED) is 0.362. The van der Waals surface area contributed by atoms with Crippen molar-refractivity contribution in [1.82, 2.24) is 0 Å². The molecule has 0 N–H and O–H groups in total. The van der Waals surface area contributed by atoms with Gasteiger partial charge >= 0.3 is 0 Å². The van der Waals surface area contributed by atoms with Gasteiger partial charge in [-0.15, -0.1) is 0 Å². The molecule has 31 heavy (non-hydrogen) atoms. The van der Waals surface area contributed by atoms with Crippen LogP contribution in [-0.4, -0.2) is 28.4 Å². The molecule has 0 atom stereocenters. The molecule has 0 bridgehead atoms. The molecule has 0 fully saturated rings. The molecule has 0 saturated heterocycles. The van der Waals surface area contributed by atoms with Crippen LogP contribution in [0.5, 0.6) is 23.0 Å². The molecule has 3 aromatic carbocycles. The number of hydrogen-bond acceptors (Lipinski definition) is 5. The summed E-state index contributed by atoms with van der Waals surface area (Å²) in [6.07, 6.45) is 0. The zero-order valence-electron chi connectivity index (χ0n) is 18.7. The minimum Gasteiger partial charge on any atom is -0.493 e. The highest BCUT2D eigenvalue weighted by Gasteiger charge is 2.21. The molecule has 0 amide bonds. The van der Waals surface area contributed by atoms with E-state index in [1.165, 1.54) is 11.1 Å². The van der Waals surface area contributed by atoms with Gasteiger partial charge in [-0.3, -0.25) is 0 Å². The highest BCUT2D eigenvalue weighted by Crippen LogP contribution is 2.45. The van der Waals surface area contributed by atoms with Crippen molar-refractivity contribution in [3.63, 3.8) is 0 Å². The Kier molecular flexibility index (Phi) is 5.51. The summed E-state index contributed by atoms with van der Waals surface area (Å²) in [6.45, 7) is 4.19. The highest BCUT2D eigenvalue weighted by molar-refractivity contribution is 6.02. The summed E-state index contributed by atoms with van der Waals surface area (Å²) in [5.74, 6) is 3.41. The highest BCUT2D eigenvalue weighted by atomic mass is 16.5. The summed E-state index contributed by atoms with van der Waals surface area (Å²) in [6, 6.07) is 15.9. The lowest BCUT2D eigenvalue weighted by atomic mass is 9.96. The number of aryl methyl sites for hydroxylation is 2. The van der Waals surface area contributed by atoms with Crippen molar-refractivity contribution in [3.8, 4) is 45.4 Å². The van der Waals surface area contributed by atoms with E-state index in [2.05, 4.69) is 26.0 Å². The molecule has 0 aliphatic heterocycles. The zero-order chi connectivity index (χ0) is 22.1. The fraction of sp³-hybridized carbons (Fsp3) is 0.231. The van der Waals surface area contributed by atoms with Gasteiger partial charge in [0.05, 0.1) is 28.4 Å². The van der Waals surface area contributed by atoms with Crippen LogP contribution in [-0.2, 0) is 0 Å². The minimum absolute atomic E-state index is 0.645. The second-order valence-electron chi connectivity index (χ2n) is 7.38. The van der Waals surface area contributed by atoms with E-state index < -0.39 is 0 Å². The molecule has 160 valence electrons. The maximum absolute atomic E-state index is 6.41. The predicted molar refractivity (Wildman–Crippen MR) is 123 cm³/mol. The van der Waals surface area contributed by atoms with Gasteiger partial charge < -0.3 is 23.4 Å². The Morgan fingerprint density at radius 2 is 1.10 bits per heavy atom. The molecule has 0 aliphatic rings. The Labute approximate surface area is 182 Å². The monoisotopic (exact) mass is 418 g/mol. The van der Waals surface area contributed by atoms with Crippen LogP contribution in [0.15, 0.2) is 52.9 Å². The van der Waals surface area contributed by atoms with Gasteiger partial charge in [-0.25, -0.2) is 0 Å². The molecule has 4 aromatic rings. The van der Waals surface area contributed by atoms with E-state index in [9.17, 15) is 0 Å². The molecule has 0 radical (unpaired) electrons. The number of hydrogen-bond donors (Lipinski definition) is 0. The molecular weight excluding hydrogens is 392 g/mol. The van der Waals surface area contributed by atoms with Crippen molar-refractivity contribution in [3.05, 3.63) is 59.7 Å². The first-order valence-electron chi connectivity index (χ1n) is 9.99. The van der Waals surface area contributed by atoms with E-state index in [4.69, 9.17) is 23.4 Å². The van der Waals surface area contributed by atoms with Crippen molar-refractivity contribution < 1.29 is 23.4 Å². The van der Waals surface area contributed by atoms with Gasteiger partial charge in [0, 0.05) is 16.5 Å². The van der Waals surface area contributed by atoms with E-state index >= 15 is 0 Å². The van der Waals surface area contributed by atoms with Gasteiger partial charge in [-0.05, 0) is 73.0 Å². The smallest absolute Gasteiger partial charge is 0.161 e. The average molecular weight is 418 g/mol. The molecule has 5 nitrogen and oxygen atoms in total. The summed E-state index contributed by atoms with van der Waals surface area (Å²) in [4.78, 5) is 0. The van der Waals surface area contributed by atoms with E-state index in [0.717, 1.165) is 33.4 Å². The summed E-state index contributed by atoms with van der Waals surface area (Å²) >= 11 is 0. The third-order valence-electron chi connectivity index (χ3n) is 5.62. The lowest BCUT2D eigenvalue weighted by Crippen LogP contribution is -1.92. The van der Waals surface area contributed by atoms with Crippen molar-refractivity contribution in [2.45, 2.75) is 13.8 Å². The SMILES string of the molecule is COc1ccc(-c2oc3cc(C)c(C)cc3c2-c2ccc(OC)c(OC)c2)cc1OC. The Morgan fingerprint density at radius 3 is 1.68 bits per heavy atom.